The van der Waals surface area contributed by atoms with Gasteiger partial charge in [-0.2, -0.15) is 0 Å². The van der Waals surface area contributed by atoms with Crippen molar-refractivity contribution in [2.75, 3.05) is 5.32 Å². The third-order valence-electron chi connectivity index (χ3n) is 2.84. The molecule has 0 saturated carbocycles. The van der Waals surface area contributed by atoms with E-state index in [4.69, 9.17) is 0 Å². The van der Waals surface area contributed by atoms with E-state index >= 15 is 0 Å². The van der Waals surface area contributed by atoms with Crippen molar-refractivity contribution in [3.05, 3.63) is 35.4 Å². The summed E-state index contributed by atoms with van der Waals surface area (Å²) < 4.78 is 28.7. The van der Waals surface area contributed by atoms with E-state index in [0.29, 0.717) is 30.3 Å². The van der Waals surface area contributed by atoms with Gasteiger partial charge in [-0.3, -0.25) is 4.57 Å². The molecule has 17 heavy (non-hydrogen) atoms. The van der Waals surface area contributed by atoms with Crippen LogP contribution in [0, 0.1) is 11.6 Å². The Hall–Kier alpha value is -1.98. The fourth-order valence-corrected chi connectivity index (χ4v) is 2.03. The largest absolute Gasteiger partial charge is 0.376 e. The fraction of sp³-hybridized carbons (Fsp3) is 0.273. The molecule has 2 heterocycles. The average molecular weight is 236 g/mol. The van der Waals surface area contributed by atoms with E-state index in [1.807, 2.05) is 6.92 Å². The molecule has 88 valence electrons. The molecule has 0 saturated heterocycles. The monoisotopic (exact) mass is 236 g/mol. The summed E-state index contributed by atoms with van der Waals surface area (Å²) >= 11 is 0. The van der Waals surface area contributed by atoms with Crippen LogP contribution in [0.15, 0.2) is 12.1 Å². The van der Waals surface area contributed by atoms with Crippen molar-refractivity contribution in [3.8, 4) is 5.69 Å². The fourth-order valence-electron chi connectivity index (χ4n) is 2.03. The van der Waals surface area contributed by atoms with Gasteiger partial charge >= 0.3 is 0 Å². The summed E-state index contributed by atoms with van der Waals surface area (Å²) in [5, 5.41) is 10.9. The quantitative estimate of drug-likeness (QED) is 0.823. The molecular weight excluding hydrogens is 226 g/mol. The van der Waals surface area contributed by atoms with Gasteiger partial charge < -0.3 is 5.32 Å². The molecule has 3 rings (SSSR count). The Kier molecular flexibility index (Phi) is 2.10. The second-order valence-electron chi connectivity index (χ2n) is 3.83. The van der Waals surface area contributed by atoms with E-state index < -0.39 is 11.6 Å². The first kappa shape index (κ1) is 10.2. The highest BCUT2D eigenvalue weighted by molar-refractivity contribution is 5.64. The molecule has 4 nitrogen and oxygen atoms in total. The molecule has 0 spiro atoms. The zero-order valence-electron chi connectivity index (χ0n) is 9.17. The predicted octanol–water partition coefficient (Wildman–Crippen LogP) is 2.03. The molecule has 1 aromatic carbocycles. The first-order valence-corrected chi connectivity index (χ1v) is 5.37. The highest BCUT2D eigenvalue weighted by Gasteiger charge is 2.25. The second-order valence-corrected chi connectivity index (χ2v) is 3.83. The molecule has 0 aliphatic carbocycles. The summed E-state index contributed by atoms with van der Waals surface area (Å²) in [7, 11) is 0. The number of anilines is 1. The van der Waals surface area contributed by atoms with Gasteiger partial charge in [0.25, 0.3) is 0 Å². The topological polar surface area (TPSA) is 42.7 Å². The van der Waals surface area contributed by atoms with Crippen LogP contribution in [-0.4, -0.2) is 14.8 Å². The van der Waals surface area contributed by atoms with Crippen LogP contribution in [0.3, 0.4) is 0 Å². The molecule has 0 unspecified atom stereocenters. The minimum atomic E-state index is -0.870. The molecule has 0 bridgehead atoms. The summed E-state index contributed by atoms with van der Waals surface area (Å²) in [6.07, 6.45) is 0.613. The van der Waals surface area contributed by atoms with Crippen molar-refractivity contribution < 1.29 is 8.78 Å². The zero-order valence-corrected chi connectivity index (χ0v) is 9.17. The van der Waals surface area contributed by atoms with Crippen LogP contribution in [0.2, 0.25) is 0 Å². The lowest BCUT2D eigenvalue weighted by Crippen LogP contribution is -2.19. The number of benzene rings is 1. The number of nitrogens with zero attached hydrogens (tertiary/aromatic N) is 3. The van der Waals surface area contributed by atoms with Crippen LogP contribution in [0.4, 0.5) is 14.5 Å². The first-order chi connectivity index (χ1) is 8.22. The van der Waals surface area contributed by atoms with Crippen molar-refractivity contribution in [2.24, 2.45) is 0 Å². The number of halogens is 2. The van der Waals surface area contributed by atoms with E-state index in [0.717, 1.165) is 6.07 Å². The summed E-state index contributed by atoms with van der Waals surface area (Å²) in [5.41, 5.74) is 0.735. The minimum Gasteiger partial charge on any atom is -0.376 e. The highest BCUT2D eigenvalue weighted by atomic mass is 19.2. The lowest BCUT2D eigenvalue weighted by molar-refractivity contribution is 0.501. The van der Waals surface area contributed by atoms with Gasteiger partial charge in [0.15, 0.2) is 17.5 Å². The molecular formula is C11H10F2N4. The van der Waals surface area contributed by atoms with Crippen LogP contribution in [-0.2, 0) is 13.0 Å². The van der Waals surface area contributed by atoms with Gasteiger partial charge in [-0.15, -0.1) is 10.2 Å². The van der Waals surface area contributed by atoms with Gasteiger partial charge in [-0.1, -0.05) is 6.92 Å². The van der Waals surface area contributed by atoms with E-state index in [-0.39, 0.29) is 5.69 Å². The second kappa shape index (κ2) is 3.51. The zero-order chi connectivity index (χ0) is 12.0. The molecule has 6 heteroatoms. The molecule has 0 atom stereocenters. The van der Waals surface area contributed by atoms with E-state index in [1.165, 1.54) is 6.07 Å². The maximum absolute atomic E-state index is 13.9. The number of hydrogen-bond acceptors (Lipinski definition) is 3. The van der Waals surface area contributed by atoms with Gasteiger partial charge in [0.2, 0.25) is 0 Å². The van der Waals surface area contributed by atoms with Crippen molar-refractivity contribution in [1.29, 1.82) is 0 Å². The van der Waals surface area contributed by atoms with E-state index in [9.17, 15) is 8.78 Å². The average Bonchev–Trinajstić information content (AvgIpc) is 2.76. The van der Waals surface area contributed by atoms with E-state index in [1.54, 1.807) is 4.57 Å². The standard InChI is InChI=1S/C11H10F2N4/c1-2-8-15-16-9-5-14-7-4-3-6(12)10(13)11(7)17(8)9/h3-4,14H,2,5H2,1H3. The number of hydrogen-bond donors (Lipinski definition) is 1. The summed E-state index contributed by atoms with van der Waals surface area (Å²) in [5.74, 6) is -0.509. The maximum Gasteiger partial charge on any atom is 0.184 e. The van der Waals surface area contributed by atoms with Crippen LogP contribution in [0.1, 0.15) is 18.6 Å². The summed E-state index contributed by atoms with van der Waals surface area (Å²) in [6.45, 7) is 2.36. The maximum atomic E-state index is 13.9. The van der Waals surface area contributed by atoms with Gasteiger partial charge in [0, 0.05) is 6.42 Å². The Morgan fingerprint density at radius 3 is 2.94 bits per heavy atom. The molecule has 1 aromatic heterocycles. The van der Waals surface area contributed by atoms with Crippen LogP contribution in [0.5, 0.6) is 0 Å². The molecule has 2 aromatic rings. The van der Waals surface area contributed by atoms with Crippen molar-refractivity contribution in [2.45, 2.75) is 19.9 Å². The van der Waals surface area contributed by atoms with Crippen molar-refractivity contribution >= 4 is 5.69 Å². The van der Waals surface area contributed by atoms with Gasteiger partial charge in [-0.05, 0) is 12.1 Å². The number of aryl methyl sites for hydroxylation is 1. The minimum absolute atomic E-state index is 0.174. The molecule has 1 aliphatic rings. The molecule has 0 radical (unpaired) electrons. The summed E-state index contributed by atoms with van der Waals surface area (Å²) in [6, 6.07) is 2.64. The van der Waals surface area contributed by atoms with Gasteiger partial charge in [-0.25, -0.2) is 8.78 Å². The molecule has 0 amide bonds. The SMILES string of the molecule is CCc1nnc2n1-c1c(ccc(F)c1F)NC2. The molecule has 1 N–H and O–H groups in total. The van der Waals surface area contributed by atoms with Crippen LogP contribution >= 0.6 is 0 Å². The molecule has 0 fully saturated rings. The van der Waals surface area contributed by atoms with Crippen LogP contribution in [0.25, 0.3) is 5.69 Å². The molecule has 1 aliphatic heterocycles. The number of fused-ring (bicyclic) bond motifs is 3. The van der Waals surface area contributed by atoms with Crippen LogP contribution < -0.4 is 5.32 Å². The number of aromatic nitrogens is 3. The van der Waals surface area contributed by atoms with Crippen molar-refractivity contribution in [1.82, 2.24) is 14.8 Å². The Balaban J connectivity index is 2.33. The van der Waals surface area contributed by atoms with Gasteiger partial charge in [0.05, 0.1) is 12.2 Å². The van der Waals surface area contributed by atoms with Gasteiger partial charge in [0.1, 0.15) is 11.5 Å². The Bertz CT molecular complexity index is 578. The Morgan fingerprint density at radius 2 is 2.18 bits per heavy atom. The highest BCUT2D eigenvalue weighted by Crippen LogP contribution is 2.31. The first-order valence-electron chi connectivity index (χ1n) is 5.37. The lowest BCUT2D eigenvalue weighted by Gasteiger charge is -2.21. The third kappa shape index (κ3) is 1.33. The predicted molar refractivity (Wildman–Crippen MR) is 58.0 cm³/mol. The summed E-state index contributed by atoms with van der Waals surface area (Å²) in [4.78, 5) is 0. The number of nitrogens with one attached hydrogen (secondary N) is 1. The third-order valence-corrected chi connectivity index (χ3v) is 2.84. The Morgan fingerprint density at radius 1 is 1.35 bits per heavy atom. The smallest absolute Gasteiger partial charge is 0.184 e. The van der Waals surface area contributed by atoms with E-state index in [2.05, 4.69) is 15.5 Å². The lowest BCUT2D eigenvalue weighted by atomic mass is 10.2. The number of rotatable bonds is 1. The van der Waals surface area contributed by atoms with Crippen molar-refractivity contribution in [3.63, 3.8) is 0 Å². The normalized spacial score (nSPS) is 12.9. The Labute approximate surface area is 96.3 Å².